The summed E-state index contributed by atoms with van der Waals surface area (Å²) in [5.41, 5.74) is 1.94. The normalized spacial score (nSPS) is 11.9. The van der Waals surface area contributed by atoms with Crippen LogP contribution in [0.5, 0.6) is 5.75 Å². The summed E-state index contributed by atoms with van der Waals surface area (Å²) in [5, 5.41) is 7.41. The summed E-state index contributed by atoms with van der Waals surface area (Å²) in [7, 11) is 0. The smallest absolute Gasteiger partial charge is 0.417 e. The van der Waals surface area contributed by atoms with Crippen molar-refractivity contribution in [2.24, 2.45) is 5.41 Å². The van der Waals surface area contributed by atoms with E-state index in [0.29, 0.717) is 42.9 Å². The number of nitrogens with zero attached hydrogens (tertiary/aromatic N) is 3. The molecule has 0 fully saturated rings. The van der Waals surface area contributed by atoms with Crippen LogP contribution < -0.4 is 10.1 Å². The molecule has 0 aliphatic rings. The summed E-state index contributed by atoms with van der Waals surface area (Å²) in [4.78, 5) is 28.6. The van der Waals surface area contributed by atoms with Crippen LogP contribution in [0.1, 0.15) is 70.9 Å². The first-order chi connectivity index (χ1) is 21.3. The van der Waals surface area contributed by atoms with Crippen molar-refractivity contribution in [3.05, 3.63) is 65.9 Å². The van der Waals surface area contributed by atoms with E-state index in [1.54, 1.807) is 19.2 Å². The average Bonchev–Trinajstić information content (AvgIpc) is 3.40. The Balaban J connectivity index is 1.49. The Labute approximate surface area is 261 Å². The van der Waals surface area contributed by atoms with Gasteiger partial charge >= 0.3 is 12.1 Å². The van der Waals surface area contributed by atoms with E-state index in [1.807, 2.05) is 45.9 Å². The molecule has 0 spiro atoms. The summed E-state index contributed by atoms with van der Waals surface area (Å²) in [5.74, 6) is -0.222. The van der Waals surface area contributed by atoms with E-state index in [1.165, 1.54) is 22.7 Å². The SMILES string of the molecule is CCOC(=O)CCCCCCOc1ccc(-c2ccc3nc(-c4ccc(C)c(NC(=O)C(C)(C)C)c4)cn3n2)c(C(F)(F)F)c1. The zero-order valence-corrected chi connectivity index (χ0v) is 26.3. The fourth-order valence-electron chi connectivity index (χ4n) is 4.61. The lowest BCUT2D eigenvalue weighted by Gasteiger charge is -2.19. The minimum Gasteiger partial charge on any atom is -0.494 e. The molecule has 4 aromatic rings. The lowest BCUT2D eigenvalue weighted by atomic mass is 9.95. The van der Waals surface area contributed by atoms with Crippen molar-refractivity contribution in [3.8, 4) is 28.3 Å². The highest BCUT2D eigenvalue weighted by Crippen LogP contribution is 2.39. The molecule has 11 heteroatoms. The quantitative estimate of drug-likeness (QED) is 0.126. The Hall–Kier alpha value is -4.41. The molecule has 0 bridgehead atoms. The summed E-state index contributed by atoms with van der Waals surface area (Å²) in [6, 6.07) is 12.6. The number of nitrogens with one attached hydrogen (secondary N) is 1. The number of hydrogen-bond acceptors (Lipinski definition) is 6. The zero-order valence-electron chi connectivity index (χ0n) is 26.3. The van der Waals surface area contributed by atoms with Crippen molar-refractivity contribution in [3.63, 3.8) is 0 Å². The average molecular weight is 625 g/mol. The first kappa shape index (κ1) is 33.5. The first-order valence-electron chi connectivity index (χ1n) is 15.0. The van der Waals surface area contributed by atoms with Crippen LogP contribution in [0.4, 0.5) is 18.9 Å². The van der Waals surface area contributed by atoms with Crippen LogP contribution in [-0.4, -0.2) is 39.7 Å². The fraction of sp³-hybridized carbons (Fsp3) is 0.412. The number of alkyl halides is 3. The van der Waals surface area contributed by atoms with Gasteiger partial charge in [0.05, 0.1) is 36.4 Å². The number of amides is 1. The van der Waals surface area contributed by atoms with Crippen LogP contribution in [0, 0.1) is 12.3 Å². The molecule has 4 rings (SSSR count). The Morgan fingerprint density at radius 1 is 0.933 bits per heavy atom. The molecule has 240 valence electrons. The maximum Gasteiger partial charge on any atom is 0.417 e. The molecule has 0 saturated heterocycles. The number of unbranched alkanes of at least 4 members (excludes halogenated alkanes) is 3. The fourth-order valence-corrected chi connectivity index (χ4v) is 4.61. The third-order valence-electron chi connectivity index (χ3n) is 7.20. The van der Waals surface area contributed by atoms with Crippen LogP contribution in [0.3, 0.4) is 0 Å². The van der Waals surface area contributed by atoms with Gasteiger partial charge in [0.2, 0.25) is 5.91 Å². The number of hydrogen-bond donors (Lipinski definition) is 1. The molecule has 1 amide bonds. The highest BCUT2D eigenvalue weighted by atomic mass is 19.4. The van der Waals surface area contributed by atoms with E-state index in [0.717, 1.165) is 30.0 Å². The van der Waals surface area contributed by atoms with Gasteiger partial charge in [-0.05, 0) is 68.7 Å². The number of halogens is 3. The van der Waals surface area contributed by atoms with Crippen LogP contribution in [-0.2, 0) is 20.5 Å². The van der Waals surface area contributed by atoms with Gasteiger partial charge in [-0.3, -0.25) is 9.59 Å². The highest BCUT2D eigenvalue weighted by molar-refractivity contribution is 5.95. The number of fused-ring (bicyclic) bond motifs is 1. The predicted molar refractivity (Wildman–Crippen MR) is 167 cm³/mol. The van der Waals surface area contributed by atoms with E-state index in [-0.39, 0.29) is 35.5 Å². The van der Waals surface area contributed by atoms with Crippen LogP contribution >= 0.6 is 0 Å². The maximum atomic E-state index is 14.2. The Morgan fingerprint density at radius 2 is 1.69 bits per heavy atom. The number of anilines is 1. The van der Waals surface area contributed by atoms with Crippen LogP contribution in [0.2, 0.25) is 0 Å². The van der Waals surface area contributed by atoms with Crippen molar-refractivity contribution in [2.45, 2.75) is 72.9 Å². The Bertz CT molecular complexity index is 1660. The molecule has 0 radical (unpaired) electrons. The van der Waals surface area contributed by atoms with Crippen LogP contribution in [0.25, 0.3) is 28.2 Å². The van der Waals surface area contributed by atoms with E-state index in [9.17, 15) is 22.8 Å². The minimum atomic E-state index is -4.63. The number of imidazole rings is 1. The van der Waals surface area contributed by atoms with Gasteiger partial charge in [-0.25, -0.2) is 9.50 Å². The third kappa shape index (κ3) is 8.83. The lowest BCUT2D eigenvalue weighted by molar-refractivity contribution is -0.143. The van der Waals surface area contributed by atoms with Gasteiger partial charge in [0.25, 0.3) is 0 Å². The number of ether oxygens (including phenoxy) is 2. The standard InChI is InChI=1S/C34H39F3N4O4/c1-6-44-31(42)11-9-7-8-10-18-45-24-14-15-25(26(20-24)34(35,36)37)27-16-17-30-38-29(21-41(30)40-27)23-13-12-22(2)28(19-23)39-32(43)33(3,4)5/h12-17,19-21H,6-11,18H2,1-5H3,(H,39,43). The number of carbonyl (C=O) groups is 2. The molecular formula is C34H39F3N4O4. The van der Waals surface area contributed by atoms with E-state index in [4.69, 9.17) is 9.47 Å². The second kappa shape index (κ2) is 14.1. The largest absolute Gasteiger partial charge is 0.494 e. The second-order valence-electron chi connectivity index (χ2n) is 11.9. The number of benzene rings is 2. The molecule has 2 heterocycles. The van der Waals surface area contributed by atoms with Crippen molar-refractivity contribution in [2.75, 3.05) is 18.5 Å². The number of aryl methyl sites for hydroxylation is 1. The topological polar surface area (TPSA) is 94.8 Å². The lowest BCUT2D eigenvalue weighted by Crippen LogP contribution is -2.27. The van der Waals surface area contributed by atoms with Crippen molar-refractivity contribution in [1.82, 2.24) is 14.6 Å². The third-order valence-corrected chi connectivity index (χ3v) is 7.20. The monoisotopic (exact) mass is 624 g/mol. The van der Waals surface area contributed by atoms with Gasteiger partial charge in [0.15, 0.2) is 5.65 Å². The summed E-state index contributed by atoms with van der Waals surface area (Å²) in [6.07, 6.45) is 0.315. The van der Waals surface area contributed by atoms with Gasteiger partial charge in [0.1, 0.15) is 5.75 Å². The van der Waals surface area contributed by atoms with Crippen molar-refractivity contribution >= 4 is 23.2 Å². The number of aromatic nitrogens is 3. The predicted octanol–water partition coefficient (Wildman–Crippen LogP) is 8.27. The van der Waals surface area contributed by atoms with E-state index < -0.39 is 17.2 Å². The molecule has 45 heavy (non-hydrogen) atoms. The Kier molecular flexibility index (Phi) is 10.5. The van der Waals surface area contributed by atoms with Gasteiger partial charge in [-0.2, -0.15) is 18.3 Å². The number of rotatable bonds is 12. The van der Waals surface area contributed by atoms with Crippen molar-refractivity contribution in [1.29, 1.82) is 0 Å². The molecule has 0 atom stereocenters. The van der Waals surface area contributed by atoms with Gasteiger partial charge < -0.3 is 14.8 Å². The van der Waals surface area contributed by atoms with Gasteiger partial charge in [-0.1, -0.05) is 45.7 Å². The Morgan fingerprint density at radius 3 is 2.40 bits per heavy atom. The van der Waals surface area contributed by atoms with E-state index >= 15 is 0 Å². The zero-order chi connectivity index (χ0) is 32.8. The maximum absolute atomic E-state index is 14.2. The molecule has 0 aliphatic carbocycles. The van der Waals surface area contributed by atoms with E-state index in [2.05, 4.69) is 15.4 Å². The molecule has 0 aliphatic heterocycles. The van der Waals surface area contributed by atoms with Gasteiger partial charge in [-0.15, -0.1) is 0 Å². The summed E-state index contributed by atoms with van der Waals surface area (Å²) in [6.45, 7) is 9.77. The molecular weight excluding hydrogens is 585 g/mol. The van der Waals surface area contributed by atoms with Gasteiger partial charge in [0, 0.05) is 28.7 Å². The molecule has 8 nitrogen and oxygen atoms in total. The number of esters is 1. The second-order valence-corrected chi connectivity index (χ2v) is 11.9. The number of carbonyl (C=O) groups excluding carboxylic acids is 2. The molecule has 0 unspecified atom stereocenters. The molecule has 2 aromatic heterocycles. The summed E-state index contributed by atoms with van der Waals surface area (Å²) >= 11 is 0. The molecule has 1 N–H and O–H groups in total. The van der Waals surface area contributed by atoms with Crippen molar-refractivity contribution < 1.29 is 32.2 Å². The summed E-state index contributed by atoms with van der Waals surface area (Å²) < 4.78 is 54.5. The minimum absolute atomic E-state index is 0.0755. The highest BCUT2D eigenvalue weighted by Gasteiger charge is 2.35. The molecule has 0 saturated carbocycles. The first-order valence-corrected chi connectivity index (χ1v) is 15.0. The van der Waals surface area contributed by atoms with Crippen LogP contribution in [0.15, 0.2) is 54.7 Å². The molecule has 2 aromatic carbocycles.